The van der Waals surface area contributed by atoms with Crippen molar-refractivity contribution in [2.45, 2.75) is 6.42 Å². The Balaban J connectivity index is 1.91. The molecule has 17 heavy (non-hydrogen) atoms. The second-order valence-electron chi connectivity index (χ2n) is 3.71. The number of benzene rings is 1. The van der Waals surface area contributed by atoms with E-state index in [4.69, 9.17) is 9.47 Å². The van der Waals surface area contributed by atoms with E-state index in [1.54, 1.807) is 7.05 Å². The highest BCUT2D eigenvalue weighted by Crippen LogP contribution is 2.32. The summed E-state index contributed by atoms with van der Waals surface area (Å²) in [5, 5.41) is 5.74. The van der Waals surface area contributed by atoms with Crippen molar-refractivity contribution >= 4 is 11.6 Å². The van der Waals surface area contributed by atoms with Gasteiger partial charge in [0.25, 0.3) is 0 Å². The average molecular weight is 236 g/mol. The van der Waals surface area contributed by atoms with Gasteiger partial charge < -0.3 is 20.1 Å². The molecule has 1 aromatic carbocycles. The highest BCUT2D eigenvalue weighted by atomic mass is 16.6. The third-order valence-corrected chi connectivity index (χ3v) is 2.50. The molecule has 0 saturated heterocycles. The van der Waals surface area contributed by atoms with Crippen LogP contribution in [0.5, 0.6) is 11.5 Å². The van der Waals surface area contributed by atoms with E-state index in [1.807, 2.05) is 18.2 Å². The van der Waals surface area contributed by atoms with Crippen LogP contribution in [-0.2, 0) is 4.79 Å². The summed E-state index contributed by atoms with van der Waals surface area (Å²) in [5.74, 6) is 1.55. The van der Waals surface area contributed by atoms with Crippen LogP contribution in [-0.4, -0.2) is 32.7 Å². The lowest BCUT2D eigenvalue weighted by molar-refractivity contribution is -0.120. The molecule has 1 aliphatic rings. The lowest BCUT2D eigenvalue weighted by Crippen LogP contribution is -2.21. The van der Waals surface area contributed by atoms with Gasteiger partial charge >= 0.3 is 0 Å². The summed E-state index contributed by atoms with van der Waals surface area (Å²) in [5.41, 5.74) is 0.929. The van der Waals surface area contributed by atoms with E-state index in [-0.39, 0.29) is 5.91 Å². The number of rotatable bonds is 4. The largest absolute Gasteiger partial charge is 0.486 e. The van der Waals surface area contributed by atoms with Crippen molar-refractivity contribution in [3.63, 3.8) is 0 Å². The number of hydrogen-bond donors (Lipinski definition) is 2. The SMILES string of the molecule is CNC(=O)CCNc1ccc2c(c1)OCCO2. The Morgan fingerprint density at radius 1 is 1.29 bits per heavy atom. The van der Waals surface area contributed by atoms with Crippen molar-refractivity contribution < 1.29 is 14.3 Å². The Kier molecular flexibility index (Phi) is 3.69. The topological polar surface area (TPSA) is 59.6 Å². The molecule has 0 aromatic heterocycles. The minimum atomic E-state index is 0.0232. The molecule has 0 aliphatic carbocycles. The fourth-order valence-corrected chi connectivity index (χ4v) is 1.60. The van der Waals surface area contributed by atoms with Crippen LogP contribution in [0, 0.1) is 0 Å². The number of amides is 1. The van der Waals surface area contributed by atoms with Gasteiger partial charge in [0.15, 0.2) is 11.5 Å². The smallest absolute Gasteiger partial charge is 0.221 e. The molecule has 1 amide bonds. The van der Waals surface area contributed by atoms with E-state index < -0.39 is 0 Å². The first-order chi connectivity index (χ1) is 8.29. The van der Waals surface area contributed by atoms with Gasteiger partial charge in [-0.05, 0) is 12.1 Å². The van der Waals surface area contributed by atoms with Gasteiger partial charge in [0.1, 0.15) is 13.2 Å². The van der Waals surface area contributed by atoms with Gasteiger partial charge in [0.05, 0.1) is 0 Å². The molecule has 5 heteroatoms. The molecule has 0 spiro atoms. The van der Waals surface area contributed by atoms with E-state index in [0.717, 1.165) is 17.2 Å². The fourth-order valence-electron chi connectivity index (χ4n) is 1.60. The summed E-state index contributed by atoms with van der Waals surface area (Å²) in [6, 6.07) is 5.67. The number of carbonyl (C=O) groups excluding carboxylic acids is 1. The van der Waals surface area contributed by atoms with E-state index in [0.29, 0.717) is 26.2 Å². The lowest BCUT2D eigenvalue weighted by atomic mass is 10.2. The zero-order valence-corrected chi connectivity index (χ0v) is 9.79. The van der Waals surface area contributed by atoms with Crippen LogP contribution >= 0.6 is 0 Å². The highest BCUT2D eigenvalue weighted by molar-refractivity contribution is 5.76. The quantitative estimate of drug-likeness (QED) is 0.819. The van der Waals surface area contributed by atoms with Gasteiger partial charge in [-0.15, -0.1) is 0 Å². The van der Waals surface area contributed by atoms with Gasteiger partial charge in [-0.1, -0.05) is 0 Å². The van der Waals surface area contributed by atoms with Gasteiger partial charge in [0.2, 0.25) is 5.91 Å². The number of ether oxygens (including phenoxy) is 2. The number of hydrogen-bond acceptors (Lipinski definition) is 4. The second kappa shape index (κ2) is 5.43. The Hall–Kier alpha value is -1.91. The molecular weight excluding hydrogens is 220 g/mol. The maximum absolute atomic E-state index is 11.0. The number of carbonyl (C=O) groups is 1. The Bertz CT molecular complexity index is 407. The average Bonchev–Trinajstić information content (AvgIpc) is 2.38. The van der Waals surface area contributed by atoms with E-state index in [1.165, 1.54) is 0 Å². The van der Waals surface area contributed by atoms with Crippen LogP contribution < -0.4 is 20.1 Å². The highest BCUT2D eigenvalue weighted by Gasteiger charge is 2.11. The maximum atomic E-state index is 11.0. The van der Waals surface area contributed by atoms with E-state index in [2.05, 4.69) is 10.6 Å². The maximum Gasteiger partial charge on any atom is 0.221 e. The molecule has 2 rings (SSSR count). The number of nitrogens with one attached hydrogen (secondary N) is 2. The van der Waals surface area contributed by atoms with E-state index >= 15 is 0 Å². The van der Waals surface area contributed by atoms with Crippen LogP contribution in [0.4, 0.5) is 5.69 Å². The molecule has 0 radical (unpaired) electrons. The summed E-state index contributed by atoms with van der Waals surface area (Å²) in [4.78, 5) is 11.0. The van der Waals surface area contributed by atoms with Crippen LogP contribution in [0.15, 0.2) is 18.2 Å². The minimum absolute atomic E-state index is 0.0232. The third kappa shape index (κ3) is 3.03. The molecule has 0 bridgehead atoms. The van der Waals surface area contributed by atoms with Gasteiger partial charge in [0, 0.05) is 31.8 Å². The lowest BCUT2D eigenvalue weighted by Gasteiger charge is -2.19. The van der Waals surface area contributed by atoms with Crippen molar-refractivity contribution in [3.05, 3.63) is 18.2 Å². The summed E-state index contributed by atoms with van der Waals surface area (Å²) in [6.45, 7) is 1.77. The van der Waals surface area contributed by atoms with Gasteiger partial charge in [-0.2, -0.15) is 0 Å². The molecule has 1 aliphatic heterocycles. The van der Waals surface area contributed by atoms with Crippen molar-refractivity contribution in [3.8, 4) is 11.5 Å². The van der Waals surface area contributed by atoms with Crippen molar-refractivity contribution in [1.29, 1.82) is 0 Å². The molecular formula is C12H16N2O3. The predicted molar refractivity (Wildman–Crippen MR) is 64.6 cm³/mol. The molecule has 0 fully saturated rings. The third-order valence-electron chi connectivity index (χ3n) is 2.50. The zero-order chi connectivity index (χ0) is 12.1. The fraction of sp³-hybridized carbons (Fsp3) is 0.417. The van der Waals surface area contributed by atoms with Gasteiger partial charge in [-0.25, -0.2) is 0 Å². The first kappa shape index (κ1) is 11.6. The predicted octanol–water partition coefficient (Wildman–Crippen LogP) is 1.01. The zero-order valence-electron chi connectivity index (χ0n) is 9.79. The van der Waals surface area contributed by atoms with E-state index in [9.17, 15) is 4.79 Å². The normalized spacial score (nSPS) is 13.0. The Morgan fingerprint density at radius 2 is 2.06 bits per heavy atom. The van der Waals surface area contributed by atoms with Crippen LogP contribution in [0.3, 0.4) is 0 Å². The monoisotopic (exact) mass is 236 g/mol. The number of fused-ring (bicyclic) bond motifs is 1. The summed E-state index contributed by atoms with van der Waals surface area (Å²) < 4.78 is 10.9. The van der Waals surface area contributed by atoms with Crippen molar-refractivity contribution in [2.75, 3.05) is 32.1 Å². The standard InChI is InChI=1S/C12H16N2O3/c1-13-12(15)4-5-14-9-2-3-10-11(8-9)17-7-6-16-10/h2-3,8,14H,4-7H2,1H3,(H,13,15). The summed E-state index contributed by atoms with van der Waals surface area (Å²) >= 11 is 0. The number of anilines is 1. The molecule has 0 atom stereocenters. The van der Waals surface area contributed by atoms with Crippen molar-refractivity contribution in [1.82, 2.24) is 5.32 Å². The first-order valence-corrected chi connectivity index (χ1v) is 5.63. The second-order valence-corrected chi connectivity index (χ2v) is 3.71. The van der Waals surface area contributed by atoms with Crippen LogP contribution in [0.1, 0.15) is 6.42 Å². The molecule has 0 saturated carbocycles. The Labute approximate surface area is 100 Å². The Morgan fingerprint density at radius 3 is 2.82 bits per heavy atom. The first-order valence-electron chi connectivity index (χ1n) is 5.63. The molecule has 1 aromatic rings. The van der Waals surface area contributed by atoms with Gasteiger partial charge in [-0.3, -0.25) is 4.79 Å². The van der Waals surface area contributed by atoms with Crippen LogP contribution in [0.2, 0.25) is 0 Å². The molecule has 5 nitrogen and oxygen atoms in total. The molecule has 2 N–H and O–H groups in total. The summed E-state index contributed by atoms with van der Waals surface area (Å²) in [7, 11) is 1.63. The summed E-state index contributed by atoms with van der Waals surface area (Å²) in [6.07, 6.45) is 0.449. The van der Waals surface area contributed by atoms with Crippen molar-refractivity contribution in [2.24, 2.45) is 0 Å². The molecule has 1 heterocycles. The molecule has 0 unspecified atom stereocenters. The van der Waals surface area contributed by atoms with Crippen LogP contribution in [0.25, 0.3) is 0 Å². The molecule has 92 valence electrons. The minimum Gasteiger partial charge on any atom is -0.486 e.